The highest BCUT2D eigenvalue weighted by Gasteiger charge is 2.27. The molecular weight excluding hydrogens is 413 g/mol. The first kappa shape index (κ1) is 21.1. The molecule has 2 aromatic heterocycles. The monoisotopic (exact) mass is 441 g/mol. The molecule has 2 fully saturated rings. The van der Waals surface area contributed by atoms with Crippen LogP contribution in [-0.2, 0) is 4.74 Å². The topological polar surface area (TPSA) is 85.5 Å². The van der Waals surface area contributed by atoms with Gasteiger partial charge in [0.05, 0.1) is 19.3 Å². The Bertz CT molecular complexity index is 1090. The highest BCUT2D eigenvalue weighted by atomic mass is 19.1. The number of anilines is 1. The van der Waals surface area contributed by atoms with Crippen LogP contribution < -0.4 is 15.0 Å². The van der Waals surface area contributed by atoms with E-state index in [2.05, 4.69) is 20.4 Å². The molecule has 0 aliphatic carbocycles. The molecule has 0 bridgehead atoms. The molecule has 8 nitrogen and oxygen atoms in total. The first-order chi connectivity index (χ1) is 15.6. The zero-order valence-corrected chi connectivity index (χ0v) is 18.4. The van der Waals surface area contributed by atoms with E-state index in [1.807, 2.05) is 6.07 Å². The molecule has 0 spiro atoms. The lowest BCUT2D eigenvalue weighted by Crippen LogP contribution is -2.48. The molecule has 4 heterocycles. The minimum Gasteiger partial charge on any atom is -0.497 e. The van der Waals surface area contributed by atoms with Gasteiger partial charge in [0, 0.05) is 43.2 Å². The first-order valence-electron chi connectivity index (χ1n) is 11.2. The Morgan fingerprint density at radius 2 is 1.97 bits per heavy atom. The van der Waals surface area contributed by atoms with E-state index in [-0.39, 0.29) is 0 Å². The Labute approximate surface area is 186 Å². The second kappa shape index (κ2) is 8.99. The number of hydrogen-bond donors (Lipinski definition) is 1. The van der Waals surface area contributed by atoms with Crippen LogP contribution in [0.15, 0.2) is 22.7 Å². The maximum atomic E-state index is 14.8. The van der Waals surface area contributed by atoms with Gasteiger partial charge in [0.1, 0.15) is 17.1 Å². The van der Waals surface area contributed by atoms with Gasteiger partial charge >= 0.3 is 0 Å². The summed E-state index contributed by atoms with van der Waals surface area (Å²) in [5.41, 5.74) is 1.01. The van der Waals surface area contributed by atoms with Crippen molar-refractivity contribution >= 4 is 16.7 Å². The fraction of sp³-hybridized carbons (Fsp3) is 0.522. The Kier molecular flexibility index (Phi) is 5.93. The lowest BCUT2D eigenvalue weighted by atomic mass is 10.0. The summed E-state index contributed by atoms with van der Waals surface area (Å²) in [6.07, 6.45) is 4.23. The van der Waals surface area contributed by atoms with Crippen molar-refractivity contribution < 1.29 is 18.4 Å². The number of pyridine rings is 1. The average molecular weight is 442 g/mol. The summed E-state index contributed by atoms with van der Waals surface area (Å²) >= 11 is 0. The third-order valence-corrected chi connectivity index (χ3v) is 6.24. The molecule has 0 amide bonds. The highest BCUT2D eigenvalue weighted by molar-refractivity contribution is 5.89. The molecule has 0 radical (unpaired) electrons. The molecule has 2 saturated heterocycles. The number of aromatic nitrogens is 3. The van der Waals surface area contributed by atoms with Crippen LogP contribution >= 0.6 is 0 Å². The van der Waals surface area contributed by atoms with Gasteiger partial charge in [-0.1, -0.05) is 5.16 Å². The van der Waals surface area contributed by atoms with Crippen molar-refractivity contribution in [3.05, 3.63) is 29.8 Å². The number of halogens is 1. The number of benzene rings is 1. The van der Waals surface area contributed by atoms with Gasteiger partial charge in [0.25, 0.3) is 5.89 Å². The minimum absolute atomic E-state index is 0.306. The summed E-state index contributed by atoms with van der Waals surface area (Å²) < 4.78 is 31.1. The van der Waals surface area contributed by atoms with Gasteiger partial charge in [-0.2, -0.15) is 4.98 Å². The number of nitrogens with one attached hydrogen (secondary N) is 1. The maximum absolute atomic E-state index is 14.8. The molecule has 170 valence electrons. The van der Waals surface area contributed by atoms with Gasteiger partial charge in [-0.25, -0.2) is 9.37 Å². The molecule has 2 aliphatic rings. The van der Waals surface area contributed by atoms with Crippen molar-refractivity contribution in [1.82, 2.24) is 20.4 Å². The molecule has 1 aromatic carbocycles. The van der Waals surface area contributed by atoms with E-state index in [0.717, 1.165) is 52.0 Å². The summed E-state index contributed by atoms with van der Waals surface area (Å²) in [6, 6.07) is 5.86. The normalized spacial score (nSPS) is 20.1. The van der Waals surface area contributed by atoms with Crippen molar-refractivity contribution in [2.75, 3.05) is 38.3 Å². The van der Waals surface area contributed by atoms with Crippen molar-refractivity contribution in [3.63, 3.8) is 0 Å². The molecule has 1 atom stereocenters. The summed E-state index contributed by atoms with van der Waals surface area (Å²) in [5, 5.41) is 8.31. The van der Waals surface area contributed by atoms with Gasteiger partial charge in [-0.05, 0) is 44.7 Å². The van der Waals surface area contributed by atoms with E-state index in [0.29, 0.717) is 51.8 Å². The third kappa shape index (κ3) is 4.27. The quantitative estimate of drug-likeness (QED) is 0.644. The van der Waals surface area contributed by atoms with Gasteiger partial charge in [-0.3, -0.25) is 0 Å². The maximum Gasteiger partial charge on any atom is 0.261 e. The highest BCUT2D eigenvalue weighted by Crippen LogP contribution is 2.35. The summed E-state index contributed by atoms with van der Waals surface area (Å²) in [4.78, 5) is 11.3. The van der Waals surface area contributed by atoms with Crippen molar-refractivity contribution in [1.29, 1.82) is 0 Å². The number of aryl methyl sites for hydroxylation is 1. The summed E-state index contributed by atoms with van der Waals surface area (Å²) in [7, 11) is 1.52. The number of piperidine rings is 1. The molecule has 2 aliphatic heterocycles. The van der Waals surface area contributed by atoms with Crippen LogP contribution in [0.2, 0.25) is 0 Å². The predicted octanol–water partition coefficient (Wildman–Crippen LogP) is 3.48. The van der Waals surface area contributed by atoms with Gasteiger partial charge in [0.2, 0.25) is 0 Å². The fourth-order valence-corrected chi connectivity index (χ4v) is 4.59. The third-order valence-electron chi connectivity index (χ3n) is 6.24. The van der Waals surface area contributed by atoms with Crippen molar-refractivity contribution in [3.8, 4) is 17.2 Å². The number of hydrogen-bond acceptors (Lipinski definition) is 8. The fourth-order valence-electron chi connectivity index (χ4n) is 4.59. The van der Waals surface area contributed by atoms with Crippen LogP contribution in [0, 0.1) is 12.7 Å². The second-order valence-corrected chi connectivity index (χ2v) is 8.53. The zero-order valence-electron chi connectivity index (χ0n) is 18.4. The molecule has 5 rings (SSSR count). The number of rotatable bonds is 5. The number of methoxy groups -OCH3 is 1. The summed E-state index contributed by atoms with van der Waals surface area (Å²) in [6.45, 7) is 5.04. The average Bonchev–Trinajstić information content (AvgIpc) is 3.25. The smallest absolute Gasteiger partial charge is 0.261 e. The molecule has 0 saturated carbocycles. The van der Waals surface area contributed by atoms with E-state index < -0.39 is 5.82 Å². The number of fused-ring (bicyclic) bond motifs is 1. The molecular formula is C23H28FN5O3. The standard InChI is InChI=1S/C23H28FN5O3/c1-14-25-23(32-28-14)19-11-15-10-18(30-2)12-20(24)21(15)27-22(19)29-7-5-16(6-8-29)26-17-4-3-9-31-13-17/h10-12,16-17,26H,3-9,13H2,1-2H3/t17-/m1/s1. The molecule has 0 unspecified atom stereocenters. The van der Waals surface area contributed by atoms with Gasteiger partial charge in [-0.15, -0.1) is 0 Å². The van der Waals surface area contributed by atoms with Gasteiger partial charge in [0.15, 0.2) is 11.6 Å². The number of nitrogens with zero attached hydrogens (tertiary/aromatic N) is 4. The first-order valence-corrected chi connectivity index (χ1v) is 11.2. The van der Waals surface area contributed by atoms with Crippen molar-refractivity contribution in [2.24, 2.45) is 0 Å². The van der Waals surface area contributed by atoms with E-state index >= 15 is 0 Å². The number of ether oxygens (including phenoxy) is 2. The van der Waals surface area contributed by atoms with Crippen LogP contribution in [0.3, 0.4) is 0 Å². The summed E-state index contributed by atoms with van der Waals surface area (Å²) in [5.74, 6) is 1.62. The molecule has 32 heavy (non-hydrogen) atoms. The van der Waals surface area contributed by atoms with E-state index in [9.17, 15) is 4.39 Å². The lowest BCUT2D eigenvalue weighted by Gasteiger charge is -2.36. The predicted molar refractivity (Wildman–Crippen MR) is 118 cm³/mol. The Balaban J connectivity index is 1.44. The molecule has 9 heteroatoms. The van der Waals surface area contributed by atoms with Crippen molar-refractivity contribution in [2.45, 2.75) is 44.7 Å². The second-order valence-electron chi connectivity index (χ2n) is 8.53. The Morgan fingerprint density at radius 1 is 1.12 bits per heavy atom. The van der Waals surface area contributed by atoms with Crippen LogP contribution in [0.25, 0.3) is 22.4 Å². The Morgan fingerprint density at radius 3 is 2.66 bits per heavy atom. The molecule has 3 aromatic rings. The Hall–Kier alpha value is -2.78. The van der Waals surface area contributed by atoms with Crippen LogP contribution in [0.1, 0.15) is 31.5 Å². The van der Waals surface area contributed by atoms with E-state index in [4.69, 9.17) is 19.0 Å². The zero-order chi connectivity index (χ0) is 22.1. The lowest BCUT2D eigenvalue weighted by molar-refractivity contribution is 0.0650. The van der Waals surface area contributed by atoms with E-state index in [1.165, 1.54) is 13.2 Å². The van der Waals surface area contributed by atoms with Crippen LogP contribution in [-0.4, -0.2) is 60.6 Å². The SMILES string of the molecule is COc1cc(F)c2nc(N3CCC(N[C@@H]4CCCOC4)CC3)c(-c3nc(C)no3)cc2c1. The van der Waals surface area contributed by atoms with Gasteiger partial charge < -0.3 is 24.2 Å². The minimum atomic E-state index is -0.414. The van der Waals surface area contributed by atoms with Crippen LogP contribution in [0.4, 0.5) is 10.2 Å². The van der Waals surface area contributed by atoms with Crippen LogP contribution in [0.5, 0.6) is 5.75 Å². The molecule has 1 N–H and O–H groups in total. The van der Waals surface area contributed by atoms with E-state index in [1.54, 1.807) is 13.0 Å². The largest absolute Gasteiger partial charge is 0.497 e.